The van der Waals surface area contributed by atoms with Gasteiger partial charge in [-0.15, -0.1) is 0 Å². The molecule has 0 radical (unpaired) electrons. The van der Waals surface area contributed by atoms with Gasteiger partial charge in [-0.25, -0.2) is 4.99 Å². The molecule has 174 valence electrons. The second-order valence-electron chi connectivity index (χ2n) is 7.72. The molecule has 0 atom stereocenters. The van der Waals surface area contributed by atoms with Crippen LogP contribution >= 0.6 is 0 Å². The molecule has 33 heavy (non-hydrogen) atoms. The van der Waals surface area contributed by atoms with E-state index in [0.29, 0.717) is 35.3 Å². The van der Waals surface area contributed by atoms with E-state index in [2.05, 4.69) is 27.6 Å². The molecule has 0 aliphatic rings. The van der Waals surface area contributed by atoms with Crippen molar-refractivity contribution in [3.8, 4) is 11.5 Å². The maximum Gasteiger partial charge on any atom is 0.257 e. The number of ether oxygens (including phenoxy) is 2. The lowest BCUT2D eigenvalue weighted by molar-refractivity contribution is 0.0977. The van der Waals surface area contributed by atoms with Crippen LogP contribution in [-0.2, 0) is 13.1 Å². The zero-order valence-electron chi connectivity index (χ0n) is 19.8. The predicted molar refractivity (Wildman–Crippen MR) is 130 cm³/mol. The molecule has 0 unspecified atom stereocenters. The standard InChI is InChI=1S/C25H31N5O3/c1-6-10-30-16-20(18(3)29-30)15-26-25(28-24(31)19-9-7-8-17(2)11-19)27-21-12-22(32-4)14-23(13-21)33-5/h7-9,11-14,16H,6,10,15H2,1-5H3,(H2,26,27,28,31). The summed E-state index contributed by atoms with van der Waals surface area (Å²) in [6.45, 7) is 7.24. The molecular weight excluding hydrogens is 418 g/mol. The monoisotopic (exact) mass is 449 g/mol. The van der Waals surface area contributed by atoms with Crippen LogP contribution in [0.2, 0.25) is 0 Å². The molecule has 0 spiro atoms. The van der Waals surface area contributed by atoms with E-state index in [0.717, 1.165) is 29.8 Å². The first-order chi connectivity index (χ1) is 15.9. The van der Waals surface area contributed by atoms with Crippen molar-refractivity contribution < 1.29 is 14.3 Å². The van der Waals surface area contributed by atoms with E-state index in [9.17, 15) is 4.79 Å². The number of guanidine groups is 1. The SMILES string of the molecule is CCCn1cc(CN=C(NC(=O)c2cccc(C)c2)Nc2cc(OC)cc(OC)c2)c(C)n1. The second-order valence-corrected chi connectivity index (χ2v) is 7.72. The van der Waals surface area contributed by atoms with Crippen LogP contribution in [0.15, 0.2) is 53.7 Å². The van der Waals surface area contributed by atoms with Gasteiger partial charge in [0.15, 0.2) is 0 Å². The van der Waals surface area contributed by atoms with Crippen molar-refractivity contribution in [2.45, 2.75) is 40.3 Å². The minimum absolute atomic E-state index is 0.252. The molecule has 0 saturated heterocycles. The van der Waals surface area contributed by atoms with E-state index in [1.54, 1.807) is 38.5 Å². The number of methoxy groups -OCH3 is 2. The quantitative estimate of drug-likeness (QED) is 0.395. The highest BCUT2D eigenvalue weighted by Crippen LogP contribution is 2.25. The van der Waals surface area contributed by atoms with E-state index in [1.165, 1.54) is 0 Å². The average Bonchev–Trinajstić information content (AvgIpc) is 3.16. The number of aliphatic imine (C=N–C) groups is 1. The zero-order chi connectivity index (χ0) is 23.8. The second kappa shape index (κ2) is 11.2. The van der Waals surface area contributed by atoms with Crippen LogP contribution in [-0.4, -0.2) is 35.9 Å². The number of hydrogen-bond acceptors (Lipinski definition) is 5. The van der Waals surface area contributed by atoms with Gasteiger partial charge in [-0.1, -0.05) is 24.6 Å². The van der Waals surface area contributed by atoms with Gasteiger partial charge in [-0.3, -0.25) is 14.8 Å². The number of carbonyl (C=O) groups excluding carboxylic acids is 1. The van der Waals surface area contributed by atoms with Crippen molar-refractivity contribution in [2.24, 2.45) is 4.99 Å². The van der Waals surface area contributed by atoms with E-state index in [-0.39, 0.29) is 5.91 Å². The Morgan fingerprint density at radius 1 is 1.09 bits per heavy atom. The van der Waals surface area contributed by atoms with Crippen molar-refractivity contribution >= 4 is 17.6 Å². The number of aryl methyl sites for hydroxylation is 3. The summed E-state index contributed by atoms with van der Waals surface area (Å²) in [6, 6.07) is 12.8. The minimum atomic E-state index is -0.252. The predicted octanol–water partition coefficient (Wildman–Crippen LogP) is 4.33. The van der Waals surface area contributed by atoms with Gasteiger partial charge in [-0.2, -0.15) is 5.10 Å². The molecule has 1 amide bonds. The lowest BCUT2D eigenvalue weighted by Crippen LogP contribution is -2.36. The molecule has 2 aromatic carbocycles. The van der Waals surface area contributed by atoms with Crippen molar-refractivity contribution in [1.29, 1.82) is 0 Å². The molecule has 1 aromatic heterocycles. The highest BCUT2D eigenvalue weighted by Gasteiger charge is 2.12. The smallest absolute Gasteiger partial charge is 0.257 e. The number of rotatable bonds is 8. The fourth-order valence-electron chi connectivity index (χ4n) is 3.31. The van der Waals surface area contributed by atoms with Gasteiger partial charge in [0.2, 0.25) is 5.96 Å². The first kappa shape index (κ1) is 23.8. The highest BCUT2D eigenvalue weighted by atomic mass is 16.5. The topological polar surface area (TPSA) is 89.8 Å². The summed E-state index contributed by atoms with van der Waals surface area (Å²) in [5, 5.41) is 10.6. The van der Waals surface area contributed by atoms with Crippen molar-refractivity contribution in [3.63, 3.8) is 0 Å². The molecular formula is C25H31N5O3. The third-order valence-electron chi connectivity index (χ3n) is 5.03. The lowest BCUT2D eigenvalue weighted by atomic mass is 10.1. The van der Waals surface area contributed by atoms with Gasteiger partial charge >= 0.3 is 0 Å². The van der Waals surface area contributed by atoms with Gasteiger partial charge in [0.25, 0.3) is 5.91 Å². The molecule has 0 aliphatic carbocycles. The Morgan fingerprint density at radius 2 is 1.82 bits per heavy atom. The summed E-state index contributed by atoms with van der Waals surface area (Å²) in [7, 11) is 3.17. The summed E-state index contributed by atoms with van der Waals surface area (Å²) in [5.41, 5.74) is 4.15. The van der Waals surface area contributed by atoms with Crippen LogP contribution in [0.5, 0.6) is 11.5 Å². The van der Waals surface area contributed by atoms with Crippen LogP contribution in [0.25, 0.3) is 0 Å². The van der Waals surface area contributed by atoms with Gasteiger partial charge < -0.3 is 14.8 Å². The summed E-state index contributed by atoms with van der Waals surface area (Å²) >= 11 is 0. The van der Waals surface area contributed by atoms with Gasteiger partial charge in [0.1, 0.15) is 11.5 Å². The number of amides is 1. The molecule has 0 fully saturated rings. The Bertz CT molecular complexity index is 1110. The van der Waals surface area contributed by atoms with E-state index >= 15 is 0 Å². The average molecular weight is 450 g/mol. The molecule has 1 heterocycles. The van der Waals surface area contributed by atoms with Gasteiger partial charge in [0.05, 0.1) is 26.5 Å². The zero-order valence-corrected chi connectivity index (χ0v) is 19.8. The summed E-state index contributed by atoms with van der Waals surface area (Å²) in [4.78, 5) is 17.6. The third-order valence-corrected chi connectivity index (χ3v) is 5.03. The Balaban J connectivity index is 1.88. The van der Waals surface area contributed by atoms with E-state index in [1.807, 2.05) is 42.9 Å². The fourth-order valence-corrected chi connectivity index (χ4v) is 3.31. The van der Waals surface area contributed by atoms with E-state index in [4.69, 9.17) is 9.47 Å². The molecule has 3 rings (SSSR count). The summed E-state index contributed by atoms with van der Waals surface area (Å²) < 4.78 is 12.6. The van der Waals surface area contributed by atoms with Crippen LogP contribution in [0.1, 0.15) is 40.5 Å². The highest BCUT2D eigenvalue weighted by molar-refractivity contribution is 6.10. The molecule has 0 aliphatic heterocycles. The maximum atomic E-state index is 12.9. The number of aromatic nitrogens is 2. The van der Waals surface area contributed by atoms with Gasteiger partial charge in [-0.05, 0) is 32.4 Å². The van der Waals surface area contributed by atoms with Crippen LogP contribution in [0, 0.1) is 13.8 Å². The fraction of sp³-hybridized carbons (Fsp3) is 0.320. The number of benzene rings is 2. The largest absolute Gasteiger partial charge is 0.497 e. The summed E-state index contributed by atoms with van der Waals surface area (Å²) in [5.74, 6) is 1.31. The molecule has 3 aromatic rings. The van der Waals surface area contributed by atoms with Crippen LogP contribution in [0.3, 0.4) is 0 Å². The molecule has 2 N–H and O–H groups in total. The number of hydrogen-bond donors (Lipinski definition) is 2. The minimum Gasteiger partial charge on any atom is -0.497 e. The number of anilines is 1. The number of nitrogens with zero attached hydrogens (tertiary/aromatic N) is 3. The molecule has 0 bridgehead atoms. The Hall–Kier alpha value is -3.81. The molecule has 0 saturated carbocycles. The van der Waals surface area contributed by atoms with Crippen molar-refractivity contribution in [2.75, 3.05) is 19.5 Å². The van der Waals surface area contributed by atoms with Crippen LogP contribution < -0.4 is 20.1 Å². The van der Waals surface area contributed by atoms with Gasteiger partial charge in [0, 0.05) is 47.8 Å². The maximum absolute atomic E-state index is 12.9. The van der Waals surface area contributed by atoms with E-state index < -0.39 is 0 Å². The number of nitrogens with one attached hydrogen (secondary N) is 2. The van der Waals surface area contributed by atoms with Crippen molar-refractivity contribution in [1.82, 2.24) is 15.1 Å². The number of carbonyl (C=O) groups is 1. The Kier molecular flexibility index (Phi) is 8.07. The molecule has 8 nitrogen and oxygen atoms in total. The lowest BCUT2D eigenvalue weighted by Gasteiger charge is -2.14. The third kappa shape index (κ3) is 6.58. The first-order valence-corrected chi connectivity index (χ1v) is 10.9. The molecule has 8 heteroatoms. The van der Waals surface area contributed by atoms with Crippen LogP contribution in [0.4, 0.5) is 5.69 Å². The summed E-state index contributed by atoms with van der Waals surface area (Å²) in [6.07, 6.45) is 3.00. The first-order valence-electron chi connectivity index (χ1n) is 10.9. The van der Waals surface area contributed by atoms with Crippen molar-refractivity contribution in [3.05, 3.63) is 71.0 Å². The Morgan fingerprint density at radius 3 is 2.45 bits per heavy atom. The Labute approximate surface area is 194 Å². The normalized spacial score (nSPS) is 11.2.